The summed E-state index contributed by atoms with van der Waals surface area (Å²) >= 11 is 1.76. The topological polar surface area (TPSA) is 39.9 Å². The highest BCUT2D eigenvalue weighted by Crippen LogP contribution is 2.10. The standard InChI is InChI=1S/C14H19N3OS/c1-18-9-8-13-15-14(11-19-2)17(16-13)10-12-6-4-3-5-7-12/h3-7H,8-11H2,1-2H3. The van der Waals surface area contributed by atoms with E-state index in [1.807, 2.05) is 22.9 Å². The summed E-state index contributed by atoms with van der Waals surface area (Å²) in [6.45, 7) is 1.44. The van der Waals surface area contributed by atoms with Crippen LogP contribution in [0.2, 0.25) is 0 Å². The largest absolute Gasteiger partial charge is 0.384 e. The van der Waals surface area contributed by atoms with Crippen LogP contribution in [0, 0.1) is 0 Å². The molecule has 0 saturated carbocycles. The number of aromatic nitrogens is 3. The number of methoxy groups -OCH3 is 1. The Morgan fingerprint density at radius 2 is 2.05 bits per heavy atom. The average molecular weight is 277 g/mol. The molecule has 1 aromatic carbocycles. The Morgan fingerprint density at radius 1 is 1.26 bits per heavy atom. The Morgan fingerprint density at radius 3 is 2.74 bits per heavy atom. The third kappa shape index (κ3) is 4.08. The van der Waals surface area contributed by atoms with E-state index >= 15 is 0 Å². The SMILES string of the molecule is COCCc1nc(CSC)n(Cc2ccccc2)n1. The number of hydrogen-bond donors (Lipinski definition) is 0. The molecule has 0 amide bonds. The zero-order valence-corrected chi connectivity index (χ0v) is 12.2. The van der Waals surface area contributed by atoms with Crippen molar-refractivity contribution in [3.05, 3.63) is 47.5 Å². The summed E-state index contributed by atoms with van der Waals surface area (Å²) in [5, 5.41) is 4.57. The van der Waals surface area contributed by atoms with Gasteiger partial charge in [-0.3, -0.25) is 0 Å². The minimum atomic E-state index is 0.661. The van der Waals surface area contributed by atoms with Gasteiger partial charge in [-0.05, 0) is 11.8 Å². The Bertz CT molecular complexity index is 499. The molecule has 0 radical (unpaired) electrons. The summed E-state index contributed by atoms with van der Waals surface area (Å²) in [6.07, 6.45) is 2.84. The van der Waals surface area contributed by atoms with E-state index in [4.69, 9.17) is 4.74 Å². The molecule has 0 unspecified atom stereocenters. The maximum atomic E-state index is 5.08. The molecule has 1 heterocycles. The van der Waals surface area contributed by atoms with Crippen molar-refractivity contribution in [1.82, 2.24) is 14.8 Å². The second kappa shape index (κ2) is 7.31. The van der Waals surface area contributed by atoms with Crippen molar-refractivity contribution >= 4 is 11.8 Å². The zero-order valence-electron chi connectivity index (χ0n) is 11.4. The molecule has 0 atom stereocenters. The van der Waals surface area contributed by atoms with Crippen molar-refractivity contribution in [3.63, 3.8) is 0 Å². The number of nitrogens with zero attached hydrogens (tertiary/aromatic N) is 3. The number of ether oxygens (including phenoxy) is 1. The van der Waals surface area contributed by atoms with E-state index < -0.39 is 0 Å². The van der Waals surface area contributed by atoms with Crippen LogP contribution in [0.3, 0.4) is 0 Å². The average Bonchev–Trinajstić information content (AvgIpc) is 2.80. The van der Waals surface area contributed by atoms with Gasteiger partial charge in [-0.15, -0.1) is 0 Å². The van der Waals surface area contributed by atoms with Gasteiger partial charge in [0.15, 0.2) is 5.82 Å². The van der Waals surface area contributed by atoms with Gasteiger partial charge in [0.1, 0.15) is 5.82 Å². The van der Waals surface area contributed by atoms with E-state index in [-0.39, 0.29) is 0 Å². The van der Waals surface area contributed by atoms with Crippen LogP contribution in [0.25, 0.3) is 0 Å². The van der Waals surface area contributed by atoms with Crippen LogP contribution in [0.4, 0.5) is 0 Å². The van der Waals surface area contributed by atoms with Crippen LogP contribution in [0.15, 0.2) is 30.3 Å². The molecule has 2 aromatic rings. The van der Waals surface area contributed by atoms with E-state index in [0.29, 0.717) is 6.61 Å². The number of hydrogen-bond acceptors (Lipinski definition) is 4. The van der Waals surface area contributed by atoms with E-state index in [0.717, 1.165) is 30.4 Å². The molecule has 0 bridgehead atoms. The van der Waals surface area contributed by atoms with Gasteiger partial charge >= 0.3 is 0 Å². The van der Waals surface area contributed by atoms with Gasteiger partial charge in [0, 0.05) is 13.5 Å². The van der Waals surface area contributed by atoms with Crippen molar-refractivity contribution in [2.75, 3.05) is 20.0 Å². The van der Waals surface area contributed by atoms with Crippen LogP contribution in [0.1, 0.15) is 17.2 Å². The first-order valence-electron chi connectivity index (χ1n) is 6.28. The molecule has 4 nitrogen and oxygen atoms in total. The highest BCUT2D eigenvalue weighted by Gasteiger charge is 2.09. The van der Waals surface area contributed by atoms with Gasteiger partial charge in [-0.25, -0.2) is 9.67 Å². The molecule has 0 saturated heterocycles. The van der Waals surface area contributed by atoms with Gasteiger partial charge < -0.3 is 4.74 Å². The Kier molecular flexibility index (Phi) is 5.42. The molecule has 19 heavy (non-hydrogen) atoms. The van der Waals surface area contributed by atoms with Crippen LogP contribution in [-0.2, 0) is 23.5 Å². The Balaban J connectivity index is 2.15. The minimum absolute atomic E-state index is 0.661. The molecule has 0 fully saturated rings. The summed E-state index contributed by atoms with van der Waals surface area (Å²) in [5.41, 5.74) is 1.24. The first-order chi connectivity index (χ1) is 9.33. The zero-order chi connectivity index (χ0) is 13.5. The molecule has 0 aliphatic heterocycles. The summed E-state index contributed by atoms with van der Waals surface area (Å²) in [5.74, 6) is 2.77. The van der Waals surface area contributed by atoms with Crippen LogP contribution in [0.5, 0.6) is 0 Å². The number of rotatable bonds is 7. The van der Waals surface area contributed by atoms with Crippen molar-refractivity contribution in [2.45, 2.75) is 18.7 Å². The predicted molar refractivity (Wildman–Crippen MR) is 78.4 cm³/mol. The van der Waals surface area contributed by atoms with Crippen LogP contribution >= 0.6 is 11.8 Å². The molecule has 0 aliphatic carbocycles. The van der Waals surface area contributed by atoms with Crippen molar-refractivity contribution in [2.24, 2.45) is 0 Å². The lowest BCUT2D eigenvalue weighted by atomic mass is 10.2. The third-order valence-corrected chi connectivity index (χ3v) is 3.32. The lowest BCUT2D eigenvalue weighted by molar-refractivity contribution is 0.200. The Labute approximate surface area is 118 Å². The smallest absolute Gasteiger partial charge is 0.153 e. The molecular formula is C14H19N3OS. The summed E-state index contributed by atoms with van der Waals surface area (Å²) < 4.78 is 7.08. The van der Waals surface area contributed by atoms with Crippen molar-refractivity contribution in [1.29, 1.82) is 0 Å². The highest BCUT2D eigenvalue weighted by molar-refractivity contribution is 7.97. The monoisotopic (exact) mass is 277 g/mol. The van der Waals surface area contributed by atoms with E-state index in [1.54, 1.807) is 18.9 Å². The summed E-state index contributed by atoms with van der Waals surface area (Å²) in [6, 6.07) is 10.3. The fourth-order valence-corrected chi connectivity index (χ4v) is 2.32. The number of benzene rings is 1. The minimum Gasteiger partial charge on any atom is -0.384 e. The fraction of sp³-hybridized carbons (Fsp3) is 0.429. The molecule has 2 rings (SSSR count). The van der Waals surface area contributed by atoms with E-state index in [9.17, 15) is 0 Å². The number of thioether (sulfide) groups is 1. The molecule has 0 spiro atoms. The van der Waals surface area contributed by atoms with E-state index in [2.05, 4.69) is 28.5 Å². The first kappa shape index (κ1) is 14.1. The quantitative estimate of drug-likeness (QED) is 0.779. The molecular weight excluding hydrogens is 258 g/mol. The predicted octanol–water partition coefficient (Wildman–Crippen LogP) is 2.38. The normalized spacial score (nSPS) is 10.8. The van der Waals surface area contributed by atoms with Crippen molar-refractivity contribution in [3.8, 4) is 0 Å². The van der Waals surface area contributed by atoms with E-state index in [1.165, 1.54) is 5.56 Å². The maximum Gasteiger partial charge on any atom is 0.153 e. The van der Waals surface area contributed by atoms with Gasteiger partial charge in [-0.1, -0.05) is 30.3 Å². The summed E-state index contributed by atoms with van der Waals surface area (Å²) in [7, 11) is 1.70. The molecule has 102 valence electrons. The molecule has 0 N–H and O–H groups in total. The van der Waals surface area contributed by atoms with Gasteiger partial charge in [0.25, 0.3) is 0 Å². The molecule has 5 heteroatoms. The first-order valence-corrected chi connectivity index (χ1v) is 7.67. The maximum absolute atomic E-state index is 5.08. The molecule has 1 aromatic heterocycles. The second-order valence-corrected chi connectivity index (χ2v) is 5.13. The van der Waals surface area contributed by atoms with Gasteiger partial charge in [0.2, 0.25) is 0 Å². The summed E-state index contributed by atoms with van der Waals surface area (Å²) in [4.78, 5) is 4.58. The molecule has 0 aliphatic rings. The van der Waals surface area contributed by atoms with Gasteiger partial charge in [0.05, 0.1) is 18.9 Å². The Hall–Kier alpha value is -1.33. The third-order valence-electron chi connectivity index (χ3n) is 2.77. The lowest BCUT2D eigenvalue weighted by Crippen LogP contribution is -2.06. The van der Waals surface area contributed by atoms with Crippen LogP contribution in [-0.4, -0.2) is 34.7 Å². The lowest BCUT2D eigenvalue weighted by Gasteiger charge is -2.04. The van der Waals surface area contributed by atoms with Crippen LogP contribution < -0.4 is 0 Å². The fourth-order valence-electron chi connectivity index (χ4n) is 1.84. The van der Waals surface area contributed by atoms with Crippen molar-refractivity contribution < 1.29 is 4.74 Å². The highest BCUT2D eigenvalue weighted by atomic mass is 32.2. The van der Waals surface area contributed by atoms with Gasteiger partial charge in [-0.2, -0.15) is 16.9 Å². The second-order valence-electron chi connectivity index (χ2n) is 4.26.